The summed E-state index contributed by atoms with van der Waals surface area (Å²) >= 11 is 0. The maximum Gasteiger partial charge on any atom is 0.233 e. The highest BCUT2D eigenvalue weighted by atomic mass is 16.2. The second-order valence-corrected chi connectivity index (χ2v) is 6.46. The molecule has 136 valence electrons. The van der Waals surface area contributed by atoms with Gasteiger partial charge in [-0.25, -0.2) is 9.97 Å². The van der Waals surface area contributed by atoms with E-state index in [9.17, 15) is 9.59 Å². The van der Waals surface area contributed by atoms with E-state index in [1.807, 2.05) is 36.9 Å². The number of aryl methyl sites for hydroxylation is 2. The number of hydrogen-bond acceptors (Lipinski definition) is 5. The third kappa shape index (κ3) is 4.36. The highest BCUT2D eigenvalue weighted by Crippen LogP contribution is 2.16. The van der Waals surface area contributed by atoms with Crippen LogP contribution < -0.4 is 10.2 Å². The SMILES string of the molecule is Cc1ccc(NC(=O)CC(=O)N2CCN(c3ncccn3)CC2)c(C)c1. The third-order valence-electron chi connectivity index (χ3n) is 4.44. The van der Waals surface area contributed by atoms with E-state index in [1.54, 1.807) is 23.4 Å². The summed E-state index contributed by atoms with van der Waals surface area (Å²) in [7, 11) is 0. The minimum atomic E-state index is -0.282. The highest BCUT2D eigenvalue weighted by molar-refractivity contribution is 6.03. The van der Waals surface area contributed by atoms with Gasteiger partial charge in [-0.1, -0.05) is 17.7 Å². The molecule has 7 heteroatoms. The molecule has 1 aromatic heterocycles. The second kappa shape index (κ2) is 7.95. The number of anilines is 2. The summed E-state index contributed by atoms with van der Waals surface area (Å²) in [4.78, 5) is 36.8. The summed E-state index contributed by atoms with van der Waals surface area (Å²) in [5.74, 6) is 0.240. The van der Waals surface area contributed by atoms with E-state index in [1.165, 1.54) is 0 Å². The lowest BCUT2D eigenvalue weighted by molar-refractivity contribution is -0.134. The number of nitrogens with one attached hydrogen (secondary N) is 1. The number of aromatic nitrogens is 2. The Hall–Kier alpha value is -2.96. The molecule has 0 unspecified atom stereocenters. The van der Waals surface area contributed by atoms with Gasteiger partial charge in [0.25, 0.3) is 0 Å². The number of nitrogens with zero attached hydrogens (tertiary/aromatic N) is 4. The Bertz CT molecular complexity index is 786. The standard InChI is InChI=1S/C19H23N5O2/c1-14-4-5-16(15(2)12-14)22-17(25)13-18(26)23-8-10-24(11-9-23)19-20-6-3-7-21-19/h3-7,12H,8-11,13H2,1-2H3,(H,22,25). The number of carbonyl (C=O) groups excluding carboxylic acids is 2. The fraction of sp³-hybridized carbons (Fsp3) is 0.368. The number of benzene rings is 1. The Morgan fingerprint density at radius 2 is 1.77 bits per heavy atom. The van der Waals surface area contributed by atoms with Crippen LogP contribution in [0.3, 0.4) is 0 Å². The van der Waals surface area contributed by atoms with Crippen LogP contribution in [0.2, 0.25) is 0 Å². The van der Waals surface area contributed by atoms with Crippen LogP contribution in [0.5, 0.6) is 0 Å². The van der Waals surface area contributed by atoms with Gasteiger partial charge in [-0.3, -0.25) is 9.59 Å². The van der Waals surface area contributed by atoms with Gasteiger partial charge in [0.1, 0.15) is 6.42 Å². The first-order chi connectivity index (χ1) is 12.5. The van der Waals surface area contributed by atoms with Crippen LogP contribution in [0.25, 0.3) is 0 Å². The van der Waals surface area contributed by atoms with Gasteiger partial charge in [-0.2, -0.15) is 0 Å². The summed E-state index contributed by atoms with van der Waals surface area (Å²) in [6.45, 7) is 6.39. The van der Waals surface area contributed by atoms with Gasteiger partial charge in [-0.15, -0.1) is 0 Å². The van der Waals surface area contributed by atoms with Gasteiger partial charge >= 0.3 is 0 Å². The summed E-state index contributed by atoms with van der Waals surface area (Å²) < 4.78 is 0. The summed E-state index contributed by atoms with van der Waals surface area (Å²) in [6.07, 6.45) is 3.27. The van der Waals surface area contributed by atoms with E-state index >= 15 is 0 Å². The largest absolute Gasteiger partial charge is 0.339 e. The minimum absolute atomic E-state index is 0.144. The van der Waals surface area contributed by atoms with Crippen LogP contribution in [0, 0.1) is 13.8 Å². The van der Waals surface area contributed by atoms with Crippen molar-refractivity contribution in [2.75, 3.05) is 36.4 Å². The lowest BCUT2D eigenvalue weighted by Crippen LogP contribution is -2.49. The first-order valence-corrected chi connectivity index (χ1v) is 8.70. The molecular weight excluding hydrogens is 330 g/mol. The Labute approximate surface area is 153 Å². The van der Waals surface area contributed by atoms with Crippen molar-refractivity contribution in [2.45, 2.75) is 20.3 Å². The predicted octanol–water partition coefficient (Wildman–Crippen LogP) is 1.77. The zero-order valence-electron chi connectivity index (χ0n) is 15.1. The predicted molar refractivity (Wildman–Crippen MR) is 100.0 cm³/mol. The van der Waals surface area contributed by atoms with Gasteiger partial charge in [-0.05, 0) is 31.5 Å². The fourth-order valence-electron chi connectivity index (χ4n) is 3.01. The molecule has 7 nitrogen and oxygen atoms in total. The molecule has 3 rings (SSSR count). The molecule has 0 aliphatic carbocycles. The molecule has 2 aromatic rings. The average molecular weight is 353 g/mol. The van der Waals surface area contributed by atoms with Gasteiger partial charge < -0.3 is 15.1 Å². The maximum absolute atomic E-state index is 12.4. The van der Waals surface area contributed by atoms with Crippen LogP contribution in [0.1, 0.15) is 17.5 Å². The van der Waals surface area contributed by atoms with Crippen molar-refractivity contribution >= 4 is 23.5 Å². The number of carbonyl (C=O) groups is 2. The van der Waals surface area contributed by atoms with Crippen LogP contribution in [-0.4, -0.2) is 52.9 Å². The van der Waals surface area contributed by atoms with Crippen molar-refractivity contribution in [3.05, 3.63) is 47.8 Å². The smallest absolute Gasteiger partial charge is 0.233 e. The van der Waals surface area contributed by atoms with Crippen LogP contribution in [0.15, 0.2) is 36.7 Å². The Kier molecular flexibility index (Phi) is 5.46. The van der Waals surface area contributed by atoms with E-state index in [0.717, 1.165) is 16.8 Å². The number of hydrogen-bond donors (Lipinski definition) is 1. The number of rotatable bonds is 4. The maximum atomic E-state index is 12.4. The van der Waals surface area contributed by atoms with E-state index in [0.29, 0.717) is 32.1 Å². The molecule has 0 saturated carbocycles. The lowest BCUT2D eigenvalue weighted by atomic mass is 10.1. The first kappa shape index (κ1) is 17.8. The molecule has 0 spiro atoms. The van der Waals surface area contributed by atoms with Crippen molar-refractivity contribution in [3.8, 4) is 0 Å². The molecule has 26 heavy (non-hydrogen) atoms. The van der Waals surface area contributed by atoms with Crippen LogP contribution in [-0.2, 0) is 9.59 Å². The normalized spacial score (nSPS) is 14.2. The molecule has 1 saturated heterocycles. The molecule has 2 heterocycles. The monoisotopic (exact) mass is 353 g/mol. The molecule has 1 fully saturated rings. The highest BCUT2D eigenvalue weighted by Gasteiger charge is 2.24. The summed E-state index contributed by atoms with van der Waals surface area (Å²) in [5, 5.41) is 2.83. The van der Waals surface area contributed by atoms with E-state index in [4.69, 9.17) is 0 Å². The average Bonchev–Trinajstić information content (AvgIpc) is 2.65. The van der Waals surface area contributed by atoms with Crippen molar-refractivity contribution in [3.63, 3.8) is 0 Å². The van der Waals surface area contributed by atoms with Crippen molar-refractivity contribution < 1.29 is 9.59 Å². The summed E-state index contributed by atoms with van der Waals surface area (Å²) in [6, 6.07) is 7.58. The van der Waals surface area contributed by atoms with Gasteiger partial charge in [0.05, 0.1) is 0 Å². The van der Waals surface area contributed by atoms with Crippen molar-refractivity contribution in [2.24, 2.45) is 0 Å². The topological polar surface area (TPSA) is 78.4 Å². The van der Waals surface area contributed by atoms with Crippen molar-refractivity contribution in [1.82, 2.24) is 14.9 Å². The van der Waals surface area contributed by atoms with Crippen LogP contribution in [0.4, 0.5) is 11.6 Å². The zero-order valence-corrected chi connectivity index (χ0v) is 15.1. The van der Waals surface area contributed by atoms with E-state index in [2.05, 4.69) is 15.3 Å². The molecule has 1 aliphatic heterocycles. The third-order valence-corrected chi connectivity index (χ3v) is 4.44. The molecule has 1 aromatic carbocycles. The molecule has 0 atom stereocenters. The Morgan fingerprint density at radius 1 is 1.08 bits per heavy atom. The molecule has 1 aliphatic rings. The quantitative estimate of drug-likeness (QED) is 0.848. The van der Waals surface area contributed by atoms with Gasteiger partial charge in [0.2, 0.25) is 17.8 Å². The molecular formula is C19H23N5O2. The molecule has 0 radical (unpaired) electrons. The first-order valence-electron chi connectivity index (χ1n) is 8.70. The minimum Gasteiger partial charge on any atom is -0.339 e. The molecule has 2 amide bonds. The van der Waals surface area contributed by atoms with Gasteiger partial charge in [0.15, 0.2) is 0 Å². The van der Waals surface area contributed by atoms with Crippen molar-refractivity contribution in [1.29, 1.82) is 0 Å². The second-order valence-electron chi connectivity index (χ2n) is 6.46. The number of piperazine rings is 1. The lowest BCUT2D eigenvalue weighted by Gasteiger charge is -2.34. The number of amides is 2. The Morgan fingerprint density at radius 3 is 2.42 bits per heavy atom. The summed E-state index contributed by atoms with van der Waals surface area (Å²) in [5.41, 5.74) is 2.87. The van der Waals surface area contributed by atoms with Gasteiger partial charge in [0, 0.05) is 44.3 Å². The fourth-order valence-corrected chi connectivity index (χ4v) is 3.01. The van der Waals surface area contributed by atoms with E-state index < -0.39 is 0 Å². The molecule has 1 N–H and O–H groups in total. The van der Waals surface area contributed by atoms with E-state index in [-0.39, 0.29) is 18.2 Å². The van der Waals surface area contributed by atoms with Crippen LogP contribution >= 0.6 is 0 Å². The zero-order chi connectivity index (χ0) is 18.5. The Balaban J connectivity index is 1.50. The molecule has 0 bridgehead atoms.